The van der Waals surface area contributed by atoms with Crippen molar-refractivity contribution in [1.29, 1.82) is 5.26 Å². The van der Waals surface area contributed by atoms with Gasteiger partial charge < -0.3 is 5.32 Å². The first-order chi connectivity index (χ1) is 5.81. The highest BCUT2D eigenvalue weighted by Gasteiger charge is 2.01. The zero-order valence-corrected chi connectivity index (χ0v) is 8.30. The van der Waals surface area contributed by atoms with E-state index in [0.717, 1.165) is 26.2 Å². The lowest BCUT2D eigenvalue weighted by molar-refractivity contribution is 0.248. The third-order valence-corrected chi connectivity index (χ3v) is 1.15. The van der Waals surface area contributed by atoms with Crippen molar-refractivity contribution >= 4 is 0 Å². The molecule has 0 aromatic rings. The van der Waals surface area contributed by atoms with Crippen molar-refractivity contribution < 1.29 is 0 Å². The van der Waals surface area contributed by atoms with E-state index in [0.29, 0.717) is 0 Å². The lowest BCUT2D eigenvalue weighted by Gasteiger charge is -2.21. The zero-order valence-electron chi connectivity index (χ0n) is 8.30. The average Bonchev–Trinajstić information content (AvgIpc) is 2.11. The Hall–Kier alpha value is -0.630. The molecular formula is C8H20N4. The third-order valence-electron chi connectivity index (χ3n) is 1.15. The van der Waals surface area contributed by atoms with E-state index in [1.165, 1.54) is 6.92 Å². The van der Waals surface area contributed by atoms with Crippen molar-refractivity contribution in [2.45, 2.75) is 20.8 Å². The summed E-state index contributed by atoms with van der Waals surface area (Å²) in [5.41, 5.74) is 0. The standard InChI is InChI=1S/C4H11N3.C2H3N.C2H6/c5-7-3-1-6-2-4-7;1-2-3;1-2/h6H,1-5H2;1H3;1-2H3. The van der Waals surface area contributed by atoms with Gasteiger partial charge in [0.05, 0.1) is 6.07 Å². The summed E-state index contributed by atoms with van der Waals surface area (Å²) in [4.78, 5) is 0. The maximum Gasteiger partial charge on any atom is 0.0587 e. The summed E-state index contributed by atoms with van der Waals surface area (Å²) in [5, 5.41) is 12.3. The number of nitrogens with one attached hydrogen (secondary N) is 1. The minimum atomic E-state index is 0.986. The number of hydrogen-bond donors (Lipinski definition) is 2. The van der Waals surface area contributed by atoms with Crippen LogP contribution in [-0.4, -0.2) is 31.2 Å². The number of piperazine rings is 1. The predicted molar refractivity (Wildman–Crippen MR) is 51.3 cm³/mol. The molecule has 0 aliphatic carbocycles. The van der Waals surface area contributed by atoms with Crippen molar-refractivity contribution in [2.75, 3.05) is 26.2 Å². The molecule has 1 aliphatic rings. The molecule has 0 saturated carbocycles. The number of rotatable bonds is 0. The Labute approximate surface area is 75.3 Å². The van der Waals surface area contributed by atoms with Gasteiger partial charge in [-0.2, -0.15) is 5.26 Å². The summed E-state index contributed by atoms with van der Waals surface area (Å²) in [7, 11) is 0. The molecule has 1 rings (SSSR count). The first kappa shape index (κ1) is 13.9. The molecule has 3 N–H and O–H groups in total. The molecule has 0 amide bonds. The van der Waals surface area contributed by atoms with Gasteiger partial charge in [-0.05, 0) is 0 Å². The molecule has 1 heterocycles. The van der Waals surface area contributed by atoms with Crippen LogP contribution in [0.25, 0.3) is 0 Å². The van der Waals surface area contributed by atoms with Crippen LogP contribution in [0.5, 0.6) is 0 Å². The Bertz CT molecular complexity index is 102. The van der Waals surface area contributed by atoms with E-state index in [2.05, 4.69) is 5.32 Å². The maximum absolute atomic E-state index is 7.32. The zero-order chi connectivity index (χ0) is 9.82. The molecular weight excluding hydrogens is 152 g/mol. The average molecular weight is 172 g/mol. The molecule has 1 aliphatic heterocycles. The Balaban J connectivity index is 0. The Morgan fingerprint density at radius 1 is 1.33 bits per heavy atom. The van der Waals surface area contributed by atoms with Crippen LogP contribution in [0.3, 0.4) is 0 Å². The summed E-state index contributed by atoms with van der Waals surface area (Å²) in [6, 6.07) is 1.75. The topological polar surface area (TPSA) is 65.1 Å². The van der Waals surface area contributed by atoms with Crippen LogP contribution in [-0.2, 0) is 0 Å². The van der Waals surface area contributed by atoms with Crippen LogP contribution in [0.4, 0.5) is 0 Å². The molecule has 0 radical (unpaired) electrons. The Morgan fingerprint density at radius 2 is 1.67 bits per heavy atom. The van der Waals surface area contributed by atoms with E-state index in [4.69, 9.17) is 11.1 Å². The number of nitriles is 1. The molecule has 0 unspecified atom stereocenters. The van der Waals surface area contributed by atoms with Crippen molar-refractivity contribution in [3.05, 3.63) is 0 Å². The number of nitrogens with zero attached hydrogens (tertiary/aromatic N) is 2. The minimum absolute atomic E-state index is 0.986. The molecule has 4 nitrogen and oxygen atoms in total. The molecule has 72 valence electrons. The van der Waals surface area contributed by atoms with Gasteiger partial charge in [-0.3, -0.25) is 5.84 Å². The number of hydrazine groups is 1. The molecule has 0 spiro atoms. The van der Waals surface area contributed by atoms with Gasteiger partial charge in [0.2, 0.25) is 0 Å². The molecule has 0 atom stereocenters. The quantitative estimate of drug-likeness (QED) is 0.516. The fraction of sp³-hybridized carbons (Fsp3) is 0.875. The number of nitrogens with two attached hydrogens (primary N) is 1. The van der Waals surface area contributed by atoms with Crippen LogP contribution in [0.1, 0.15) is 20.8 Å². The van der Waals surface area contributed by atoms with Crippen molar-refractivity contribution in [1.82, 2.24) is 10.3 Å². The van der Waals surface area contributed by atoms with Crippen LogP contribution in [0.15, 0.2) is 0 Å². The second-order valence-electron chi connectivity index (χ2n) is 2.01. The second kappa shape index (κ2) is 13.0. The number of hydrogen-bond acceptors (Lipinski definition) is 4. The molecule has 4 heteroatoms. The second-order valence-corrected chi connectivity index (χ2v) is 2.01. The van der Waals surface area contributed by atoms with Gasteiger partial charge in [0.25, 0.3) is 0 Å². The maximum atomic E-state index is 7.32. The van der Waals surface area contributed by atoms with Gasteiger partial charge in [-0.1, -0.05) is 13.8 Å². The van der Waals surface area contributed by atoms with E-state index in [9.17, 15) is 0 Å². The fourth-order valence-electron chi connectivity index (χ4n) is 0.682. The molecule has 1 saturated heterocycles. The SMILES string of the molecule is CC.CC#N.NN1CCNCC1. The van der Waals surface area contributed by atoms with E-state index in [1.54, 1.807) is 6.07 Å². The molecule has 0 bridgehead atoms. The summed E-state index contributed by atoms with van der Waals surface area (Å²) >= 11 is 0. The molecule has 0 aromatic carbocycles. The lowest BCUT2D eigenvalue weighted by Crippen LogP contribution is -2.47. The van der Waals surface area contributed by atoms with Crippen molar-refractivity contribution in [3.63, 3.8) is 0 Å². The van der Waals surface area contributed by atoms with Gasteiger partial charge in [-0.15, -0.1) is 0 Å². The van der Waals surface area contributed by atoms with Gasteiger partial charge in [0, 0.05) is 33.1 Å². The van der Waals surface area contributed by atoms with Crippen LogP contribution in [0.2, 0.25) is 0 Å². The highest BCUT2D eigenvalue weighted by atomic mass is 15.4. The lowest BCUT2D eigenvalue weighted by atomic mass is 10.4. The molecule has 0 aromatic heterocycles. The normalized spacial score (nSPS) is 15.9. The summed E-state index contributed by atoms with van der Waals surface area (Å²) < 4.78 is 0. The highest BCUT2D eigenvalue weighted by molar-refractivity contribution is 4.60. The third kappa shape index (κ3) is 12.1. The van der Waals surface area contributed by atoms with Crippen LogP contribution in [0, 0.1) is 11.3 Å². The monoisotopic (exact) mass is 172 g/mol. The first-order valence-corrected chi connectivity index (χ1v) is 4.32. The minimum Gasteiger partial charge on any atom is -0.314 e. The predicted octanol–water partition coefficient (Wildman–Crippen LogP) is 0.321. The van der Waals surface area contributed by atoms with Crippen LogP contribution >= 0.6 is 0 Å². The van der Waals surface area contributed by atoms with E-state index in [-0.39, 0.29) is 0 Å². The van der Waals surface area contributed by atoms with Gasteiger partial charge in [-0.25, -0.2) is 5.01 Å². The van der Waals surface area contributed by atoms with Gasteiger partial charge in [0.15, 0.2) is 0 Å². The first-order valence-electron chi connectivity index (χ1n) is 4.32. The van der Waals surface area contributed by atoms with Gasteiger partial charge in [0.1, 0.15) is 0 Å². The molecule has 1 fully saturated rings. The smallest absolute Gasteiger partial charge is 0.0587 e. The largest absolute Gasteiger partial charge is 0.314 e. The fourth-order valence-corrected chi connectivity index (χ4v) is 0.682. The molecule has 12 heavy (non-hydrogen) atoms. The van der Waals surface area contributed by atoms with Crippen molar-refractivity contribution in [2.24, 2.45) is 5.84 Å². The van der Waals surface area contributed by atoms with Crippen molar-refractivity contribution in [3.8, 4) is 6.07 Å². The van der Waals surface area contributed by atoms with Gasteiger partial charge >= 0.3 is 0 Å². The Morgan fingerprint density at radius 3 is 1.83 bits per heavy atom. The summed E-state index contributed by atoms with van der Waals surface area (Å²) in [5.74, 6) is 5.43. The summed E-state index contributed by atoms with van der Waals surface area (Å²) in [6.45, 7) is 9.48. The van der Waals surface area contributed by atoms with E-state index in [1.807, 2.05) is 18.9 Å². The summed E-state index contributed by atoms with van der Waals surface area (Å²) in [6.07, 6.45) is 0. The van der Waals surface area contributed by atoms with Crippen LogP contribution < -0.4 is 11.2 Å². The van der Waals surface area contributed by atoms with E-state index < -0.39 is 0 Å². The highest BCUT2D eigenvalue weighted by Crippen LogP contribution is 1.79. The van der Waals surface area contributed by atoms with E-state index >= 15 is 0 Å². The Kier molecular flexibility index (Phi) is 15.1.